The van der Waals surface area contributed by atoms with Gasteiger partial charge < -0.3 is 14.4 Å². The molecule has 2 saturated carbocycles. The van der Waals surface area contributed by atoms with E-state index in [1.165, 1.54) is 25.7 Å². The molecule has 2 aliphatic carbocycles. The molecular formula is C18H29NO3. The number of amides is 1. The minimum Gasteiger partial charge on any atom is -0.378 e. The number of nitrogens with zero attached hydrogens (tertiary/aromatic N) is 1. The van der Waals surface area contributed by atoms with E-state index in [1.54, 1.807) is 0 Å². The van der Waals surface area contributed by atoms with E-state index in [-0.39, 0.29) is 5.60 Å². The highest BCUT2D eigenvalue weighted by atomic mass is 16.5. The van der Waals surface area contributed by atoms with Crippen molar-refractivity contribution in [3.05, 3.63) is 0 Å². The molecule has 0 N–H and O–H groups in total. The van der Waals surface area contributed by atoms with Crippen LogP contribution in [0.25, 0.3) is 0 Å². The predicted molar refractivity (Wildman–Crippen MR) is 83.5 cm³/mol. The molecule has 4 nitrogen and oxygen atoms in total. The van der Waals surface area contributed by atoms with Crippen LogP contribution in [0.1, 0.15) is 51.9 Å². The molecule has 124 valence electrons. The molecule has 4 heteroatoms. The third-order valence-corrected chi connectivity index (χ3v) is 6.19. The van der Waals surface area contributed by atoms with Gasteiger partial charge in [-0.15, -0.1) is 0 Å². The van der Waals surface area contributed by atoms with E-state index in [4.69, 9.17) is 9.47 Å². The van der Waals surface area contributed by atoms with Gasteiger partial charge in [0.1, 0.15) is 5.60 Å². The van der Waals surface area contributed by atoms with Crippen molar-refractivity contribution in [1.29, 1.82) is 0 Å². The van der Waals surface area contributed by atoms with Crippen LogP contribution in [0.2, 0.25) is 0 Å². The molecule has 4 fully saturated rings. The first-order valence-corrected chi connectivity index (χ1v) is 9.20. The normalized spacial score (nSPS) is 37.3. The molecule has 3 atom stereocenters. The van der Waals surface area contributed by atoms with Crippen molar-refractivity contribution < 1.29 is 14.3 Å². The lowest BCUT2D eigenvalue weighted by Crippen LogP contribution is -2.67. The van der Waals surface area contributed by atoms with Crippen molar-refractivity contribution in [2.24, 2.45) is 17.8 Å². The number of hydrogen-bond acceptors (Lipinski definition) is 3. The molecule has 0 aromatic rings. The summed E-state index contributed by atoms with van der Waals surface area (Å²) in [5.41, 5.74) is -0.0909. The Hall–Kier alpha value is -0.610. The lowest BCUT2D eigenvalue weighted by atomic mass is 9.84. The van der Waals surface area contributed by atoms with Crippen molar-refractivity contribution in [3.63, 3.8) is 0 Å². The van der Waals surface area contributed by atoms with Crippen molar-refractivity contribution >= 4 is 5.91 Å². The monoisotopic (exact) mass is 307 g/mol. The molecule has 0 radical (unpaired) electrons. The summed E-state index contributed by atoms with van der Waals surface area (Å²) in [6.45, 7) is 5.47. The van der Waals surface area contributed by atoms with E-state index in [0.29, 0.717) is 23.8 Å². The molecule has 1 amide bonds. The fourth-order valence-corrected chi connectivity index (χ4v) is 4.50. The summed E-state index contributed by atoms with van der Waals surface area (Å²) >= 11 is 0. The van der Waals surface area contributed by atoms with Crippen molar-refractivity contribution in [2.45, 2.75) is 63.6 Å². The smallest absolute Gasteiger partial charge is 0.226 e. The van der Waals surface area contributed by atoms with Crippen LogP contribution in [-0.4, -0.2) is 48.8 Å². The highest BCUT2D eigenvalue weighted by Crippen LogP contribution is 2.43. The molecule has 2 aliphatic heterocycles. The average Bonchev–Trinajstić information content (AvgIpc) is 3.00. The SMILES string of the molecule is C[C@@H]1C[C@@H]1C(=O)N1CC2(C[C@@H](OCC3CCCC3)CCO2)C1. The Bertz CT molecular complexity index is 426. The molecule has 0 aromatic heterocycles. The molecule has 1 spiro atoms. The topological polar surface area (TPSA) is 38.8 Å². The fourth-order valence-electron chi connectivity index (χ4n) is 4.50. The molecule has 4 rings (SSSR count). The lowest BCUT2D eigenvalue weighted by Gasteiger charge is -2.53. The highest BCUT2D eigenvalue weighted by molar-refractivity contribution is 5.82. The fraction of sp³-hybridized carbons (Fsp3) is 0.944. The van der Waals surface area contributed by atoms with Crippen LogP contribution in [0.15, 0.2) is 0 Å². The first-order valence-electron chi connectivity index (χ1n) is 9.20. The van der Waals surface area contributed by atoms with Gasteiger partial charge >= 0.3 is 0 Å². The lowest BCUT2D eigenvalue weighted by molar-refractivity contribution is -0.203. The van der Waals surface area contributed by atoms with E-state index in [2.05, 4.69) is 6.92 Å². The Morgan fingerprint density at radius 2 is 2.00 bits per heavy atom. The van der Waals surface area contributed by atoms with Crippen LogP contribution in [-0.2, 0) is 14.3 Å². The van der Waals surface area contributed by atoms with Crippen molar-refractivity contribution in [3.8, 4) is 0 Å². The van der Waals surface area contributed by atoms with Crippen LogP contribution in [0.5, 0.6) is 0 Å². The summed E-state index contributed by atoms with van der Waals surface area (Å²) in [5, 5.41) is 0. The van der Waals surface area contributed by atoms with Crippen molar-refractivity contribution in [2.75, 3.05) is 26.3 Å². The van der Waals surface area contributed by atoms with Crippen LogP contribution in [0.4, 0.5) is 0 Å². The number of carbonyl (C=O) groups excluding carboxylic acids is 1. The van der Waals surface area contributed by atoms with Gasteiger partial charge in [-0.3, -0.25) is 4.79 Å². The van der Waals surface area contributed by atoms with Gasteiger partial charge in [-0.1, -0.05) is 19.8 Å². The summed E-state index contributed by atoms with van der Waals surface area (Å²) < 4.78 is 12.2. The molecule has 22 heavy (non-hydrogen) atoms. The minimum absolute atomic E-state index is 0.0909. The number of hydrogen-bond donors (Lipinski definition) is 0. The van der Waals surface area contributed by atoms with Crippen molar-refractivity contribution in [1.82, 2.24) is 4.90 Å². The average molecular weight is 307 g/mol. The van der Waals surface area contributed by atoms with Gasteiger partial charge in [0.15, 0.2) is 0 Å². The molecule has 2 heterocycles. The summed E-state index contributed by atoms with van der Waals surface area (Å²) in [5.74, 6) is 2.04. The Balaban J connectivity index is 1.24. The Labute approximate surface area is 133 Å². The van der Waals surface area contributed by atoms with Crippen LogP contribution >= 0.6 is 0 Å². The predicted octanol–water partition coefficient (Wildman–Crippen LogP) is 2.61. The van der Waals surface area contributed by atoms with E-state index < -0.39 is 0 Å². The first kappa shape index (κ1) is 14.9. The van der Waals surface area contributed by atoms with Gasteiger partial charge in [-0.2, -0.15) is 0 Å². The number of rotatable bonds is 4. The Kier molecular flexibility index (Phi) is 3.93. The maximum atomic E-state index is 12.2. The highest BCUT2D eigenvalue weighted by Gasteiger charge is 2.53. The largest absolute Gasteiger partial charge is 0.378 e. The third kappa shape index (κ3) is 2.92. The Morgan fingerprint density at radius 1 is 1.27 bits per heavy atom. The van der Waals surface area contributed by atoms with Gasteiger partial charge in [0, 0.05) is 25.6 Å². The van der Waals surface area contributed by atoms with Gasteiger partial charge in [-0.05, 0) is 37.5 Å². The second kappa shape index (κ2) is 5.79. The van der Waals surface area contributed by atoms with Gasteiger partial charge in [0.05, 0.1) is 19.2 Å². The molecule has 0 bridgehead atoms. The maximum absolute atomic E-state index is 12.2. The summed E-state index contributed by atoms with van der Waals surface area (Å²) in [6.07, 6.45) is 8.85. The quantitative estimate of drug-likeness (QED) is 0.801. The number of likely N-dealkylation sites (tertiary alicyclic amines) is 1. The zero-order valence-corrected chi connectivity index (χ0v) is 13.8. The van der Waals surface area contributed by atoms with Gasteiger partial charge in [0.25, 0.3) is 0 Å². The molecule has 0 unspecified atom stereocenters. The molecular weight excluding hydrogens is 278 g/mol. The van der Waals surface area contributed by atoms with Gasteiger partial charge in [0.2, 0.25) is 5.91 Å². The van der Waals surface area contributed by atoms with Crippen LogP contribution in [0.3, 0.4) is 0 Å². The summed E-state index contributed by atoms with van der Waals surface area (Å²) in [4.78, 5) is 14.3. The number of ether oxygens (including phenoxy) is 2. The number of carbonyl (C=O) groups is 1. The molecule has 2 saturated heterocycles. The van der Waals surface area contributed by atoms with E-state index >= 15 is 0 Å². The zero-order chi connectivity index (χ0) is 15.2. The second-order valence-corrected chi connectivity index (χ2v) is 8.14. The second-order valence-electron chi connectivity index (χ2n) is 8.14. The Morgan fingerprint density at radius 3 is 2.68 bits per heavy atom. The van der Waals surface area contributed by atoms with E-state index in [1.807, 2.05) is 4.90 Å². The molecule has 0 aromatic carbocycles. The van der Waals surface area contributed by atoms with Crippen LogP contribution < -0.4 is 0 Å². The molecule has 4 aliphatic rings. The minimum atomic E-state index is -0.0909. The maximum Gasteiger partial charge on any atom is 0.226 e. The standard InChI is InChI=1S/C18H29NO3/c1-13-8-16(13)17(20)19-11-18(12-19)9-15(6-7-22-18)21-10-14-4-2-3-5-14/h13-16H,2-12H2,1H3/t13-,15+,16+/m1/s1. The summed E-state index contributed by atoms with van der Waals surface area (Å²) in [6, 6.07) is 0. The zero-order valence-electron chi connectivity index (χ0n) is 13.8. The van der Waals surface area contributed by atoms with Crippen LogP contribution in [0, 0.1) is 17.8 Å². The summed E-state index contributed by atoms with van der Waals surface area (Å²) in [7, 11) is 0. The van der Waals surface area contributed by atoms with Gasteiger partial charge in [-0.25, -0.2) is 0 Å². The third-order valence-electron chi connectivity index (χ3n) is 6.19. The first-order chi connectivity index (χ1) is 10.7. The van der Waals surface area contributed by atoms with E-state index in [9.17, 15) is 4.79 Å². The van der Waals surface area contributed by atoms with E-state index in [0.717, 1.165) is 51.5 Å².